The highest BCUT2D eigenvalue weighted by Crippen LogP contribution is 2.55. The summed E-state index contributed by atoms with van der Waals surface area (Å²) in [6.07, 6.45) is 1.32. The Bertz CT molecular complexity index is 1510. The third-order valence-electron chi connectivity index (χ3n) is 8.55. The Kier molecular flexibility index (Phi) is 6.51. The van der Waals surface area contributed by atoms with Crippen molar-refractivity contribution in [2.75, 3.05) is 6.54 Å². The Morgan fingerprint density at radius 3 is 2.21 bits per heavy atom. The van der Waals surface area contributed by atoms with Gasteiger partial charge < -0.3 is 4.74 Å². The van der Waals surface area contributed by atoms with Gasteiger partial charge in [-0.15, -0.1) is 0 Å². The van der Waals surface area contributed by atoms with Gasteiger partial charge in [-0.05, 0) is 42.0 Å². The number of hydrogen-bond acceptors (Lipinski definition) is 4. The Balaban J connectivity index is 1.52. The first-order valence-corrected chi connectivity index (χ1v) is 15.2. The van der Waals surface area contributed by atoms with E-state index in [0.29, 0.717) is 31.4 Å². The molecular weight excluding hydrogens is 506 g/mol. The number of benzene rings is 3. The number of sulfonamides is 1. The first-order chi connectivity index (χ1) is 18.6. The maximum Gasteiger partial charge on any atom is 0.243 e. The van der Waals surface area contributed by atoms with Crippen molar-refractivity contribution in [1.82, 2.24) is 4.31 Å². The van der Waals surface area contributed by atoms with Gasteiger partial charge in [0, 0.05) is 42.8 Å². The number of Topliss-reactive ketones (excluding diaryl/α,β-unsaturated/α-hetero) is 1. The molecule has 6 rings (SSSR count). The van der Waals surface area contributed by atoms with E-state index in [1.54, 1.807) is 16.4 Å². The average Bonchev–Trinajstić information content (AvgIpc) is 3.28. The smallest absolute Gasteiger partial charge is 0.243 e. The van der Waals surface area contributed by atoms with Gasteiger partial charge in [-0.3, -0.25) is 4.79 Å². The number of nitrogens with zero attached hydrogens (tertiary/aromatic N) is 1. The molecule has 0 bridgehead atoms. The monoisotopic (exact) mass is 541 g/mol. The van der Waals surface area contributed by atoms with Crippen LogP contribution in [-0.4, -0.2) is 31.1 Å². The molecule has 6 heteroatoms. The second-order valence-corrected chi connectivity index (χ2v) is 14.0. The van der Waals surface area contributed by atoms with Crippen LogP contribution in [0.3, 0.4) is 0 Å². The van der Waals surface area contributed by atoms with Crippen LogP contribution in [0, 0.1) is 24.2 Å². The summed E-state index contributed by atoms with van der Waals surface area (Å²) in [5.74, 6) is 0.419. The molecule has 2 heterocycles. The molecule has 5 nitrogen and oxygen atoms in total. The van der Waals surface area contributed by atoms with Crippen molar-refractivity contribution in [3.8, 4) is 0 Å². The van der Waals surface area contributed by atoms with Gasteiger partial charge in [0.05, 0.1) is 4.90 Å². The molecule has 3 aromatic carbocycles. The van der Waals surface area contributed by atoms with Crippen molar-refractivity contribution in [3.05, 3.63) is 113 Å². The number of fused-ring (bicyclic) bond motifs is 2. The topological polar surface area (TPSA) is 63.7 Å². The molecule has 202 valence electrons. The predicted molar refractivity (Wildman–Crippen MR) is 151 cm³/mol. The van der Waals surface area contributed by atoms with Crippen molar-refractivity contribution in [2.45, 2.75) is 57.1 Å². The number of hydrogen-bond donors (Lipinski definition) is 0. The summed E-state index contributed by atoms with van der Waals surface area (Å²) in [5.41, 5.74) is 3.59. The van der Waals surface area contributed by atoms with Crippen molar-refractivity contribution in [3.63, 3.8) is 0 Å². The lowest BCUT2D eigenvalue weighted by atomic mass is 9.67. The van der Waals surface area contributed by atoms with E-state index in [0.717, 1.165) is 22.4 Å². The fraction of sp³-hybridized carbons (Fsp3) is 0.364. The fourth-order valence-corrected chi connectivity index (χ4v) is 8.45. The molecule has 0 saturated carbocycles. The van der Waals surface area contributed by atoms with Crippen LogP contribution in [0.25, 0.3) is 0 Å². The van der Waals surface area contributed by atoms with Crippen LogP contribution in [0.2, 0.25) is 0 Å². The van der Waals surface area contributed by atoms with E-state index in [4.69, 9.17) is 4.74 Å². The Hall–Kier alpha value is -3.22. The predicted octanol–water partition coefficient (Wildman–Crippen LogP) is 6.26. The van der Waals surface area contributed by atoms with Crippen molar-refractivity contribution < 1.29 is 17.9 Å². The van der Waals surface area contributed by atoms with Crippen LogP contribution < -0.4 is 0 Å². The van der Waals surface area contributed by atoms with E-state index in [9.17, 15) is 13.2 Å². The maximum absolute atomic E-state index is 14.3. The number of aryl methyl sites for hydroxylation is 1. The molecule has 0 N–H and O–H groups in total. The maximum atomic E-state index is 14.3. The summed E-state index contributed by atoms with van der Waals surface area (Å²) < 4.78 is 36.9. The fourth-order valence-electron chi connectivity index (χ4n) is 6.77. The largest absolute Gasteiger partial charge is 0.489 e. The molecule has 0 amide bonds. The Labute approximate surface area is 231 Å². The van der Waals surface area contributed by atoms with Crippen molar-refractivity contribution in [1.29, 1.82) is 0 Å². The van der Waals surface area contributed by atoms with Gasteiger partial charge in [0.1, 0.15) is 11.9 Å². The van der Waals surface area contributed by atoms with Crippen LogP contribution in [0.15, 0.2) is 101 Å². The van der Waals surface area contributed by atoms with E-state index < -0.39 is 16.1 Å². The van der Waals surface area contributed by atoms with Gasteiger partial charge in [-0.1, -0.05) is 92.2 Å². The molecule has 0 aromatic heterocycles. The normalized spacial score (nSPS) is 26.6. The highest BCUT2D eigenvalue weighted by atomic mass is 32.2. The molecular formula is C33H35NO4S. The number of allylic oxidation sites excluding steroid dienone is 1. The third-order valence-corrected chi connectivity index (χ3v) is 10.5. The summed E-state index contributed by atoms with van der Waals surface area (Å²) in [6, 6.07) is 26.7. The minimum absolute atomic E-state index is 0.0930. The van der Waals surface area contributed by atoms with Gasteiger partial charge in [0.15, 0.2) is 5.78 Å². The number of ketones is 1. The standard InChI is InChI=1S/C33H35NO4S/c1-22-14-16-25(17-15-22)39(36,37)34-21-26-30(27(34)18-23-10-6-4-7-11-23)31-28(35)19-33(2,3)20-29(31)38-32(26)24-12-8-5-9-13-24/h4-17,26-27,30,32H,18-21H2,1-3H3/t26-,27+,30-,32-/m0/s1. The van der Waals surface area contributed by atoms with Crippen LogP contribution in [-0.2, 0) is 26.0 Å². The van der Waals surface area contributed by atoms with Crippen molar-refractivity contribution >= 4 is 15.8 Å². The van der Waals surface area contributed by atoms with E-state index in [1.807, 2.05) is 79.7 Å². The van der Waals surface area contributed by atoms with Crippen LogP contribution in [0.1, 0.15) is 49.5 Å². The molecule has 1 aliphatic carbocycles. The molecule has 0 unspecified atom stereocenters. The van der Waals surface area contributed by atoms with Crippen LogP contribution >= 0.6 is 0 Å². The molecule has 0 radical (unpaired) electrons. The number of carbonyl (C=O) groups excluding carboxylic acids is 1. The third kappa shape index (κ3) is 4.74. The molecule has 4 atom stereocenters. The summed E-state index contributed by atoms with van der Waals surface area (Å²) in [7, 11) is -3.82. The second-order valence-electron chi connectivity index (χ2n) is 12.1. The zero-order chi connectivity index (χ0) is 27.4. The first-order valence-electron chi connectivity index (χ1n) is 13.7. The zero-order valence-corrected chi connectivity index (χ0v) is 23.5. The molecule has 1 saturated heterocycles. The molecule has 1 fully saturated rings. The van der Waals surface area contributed by atoms with Gasteiger partial charge in [0.25, 0.3) is 0 Å². The highest BCUT2D eigenvalue weighted by molar-refractivity contribution is 7.89. The van der Waals surface area contributed by atoms with E-state index >= 15 is 0 Å². The van der Waals surface area contributed by atoms with Crippen LogP contribution in [0.4, 0.5) is 0 Å². The molecule has 0 spiro atoms. The first kappa shape index (κ1) is 26.0. The van der Waals surface area contributed by atoms with Gasteiger partial charge in [0.2, 0.25) is 10.0 Å². The molecule has 39 heavy (non-hydrogen) atoms. The lowest BCUT2D eigenvalue weighted by Crippen LogP contribution is -2.43. The Morgan fingerprint density at radius 2 is 1.54 bits per heavy atom. The number of rotatable bonds is 5. The quantitative estimate of drug-likeness (QED) is 0.383. The van der Waals surface area contributed by atoms with Gasteiger partial charge in [-0.25, -0.2) is 8.42 Å². The Morgan fingerprint density at radius 1 is 0.897 bits per heavy atom. The lowest BCUT2D eigenvalue weighted by Gasteiger charge is -2.43. The number of ether oxygens (including phenoxy) is 1. The minimum Gasteiger partial charge on any atom is -0.489 e. The summed E-state index contributed by atoms with van der Waals surface area (Å²) in [6.45, 7) is 6.45. The average molecular weight is 542 g/mol. The van der Waals surface area contributed by atoms with Crippen molar-refractivity contribution in [2.24, 2.45) is 17.3 Å². The second kappa shape index (κ2) is 9.76. The summed E-state index contributed by atoms with van der Waals surface area (Å²) >= 11 is 0. The molecule has 2 aliphatic heterocycles. The van der Waals surface area contributed by atoms with E-state index in [-0.39, 0.29) is 34.0 Å². The molecule has 3 aromatic rings. The van der Waals surface area contributed by atoms with Crippen LogP contribution in [0.5, 0.6) is 0 Å². The summed E-state index contributed by atoms with van der Waals surface area (Å²) in [5, 5.41) is 0. The minimum atomic E-state index is -3.82. The van der Waals surface area contributed by atoms with Gasteiger partial charge in [-0.2, -0.15) is 4.31 Å². The lowest BCUT2D eigenvalue weighted by molar-refractivity contribution is -0.121. The van der Waals surface area contributed by atoms with Gasteiger partial charge >= 0.3 is 0 Å². The highest BCUT2D eigenvalue weighted by Gasteiger charge is 2.57. The van der Waals surface area contributed by atoms with E-state index in [1.165, 1.54) is 0 Å². The summed E-state index contributed by atoms with van der Waals surface area (Å²) in [4.78, 5) is 14.1. The SMILES string of the molecule is Cc1ccc(S(=O)(=O)N2C[C@H]3[C@H](C4=C(CC(C)(C)CC4=O)O[C@H]3c3ccccc3)[C@H]2Cc2ccccc2)cc1. The number of carbonyl (C=O) groups is 1. The molecule has 3 aliphatic rings. The zero-order valence-electron chi connectivity index (χ0n) is 22.7. The van der Waals surface area contributed by atoms with E-state index in [2.05, 4.69) is 13.8 Å².